The lowest BCUT2D eigenvalue weighted by Gasteiger charge is -2.18. The summed E-state index contributed by atoms with van der Waals surface area (Å²) in [5, 5.41) is 1.26. The van der Waals surface area contributed by atoms with Crippen LogP contribution in [0.15, 0.2) is 29.8 Å². The van der Waals surface area contributed by atoms with Gasteiger partial charge in [0.2, 0.25) is 0 Å². The molecular formula is C11H5F6NOS. The first-order valence-electron chi connectivity index (χ1n) is 5.04. The van der Waals surface area contributed by atoms with Crippen LogP contribution in [0.2, 0.25) is 0 Å². The fourth-order valence-corrected chi connectivity index (χ4v) is 2.00. The Hall–Kier alpha value is -1.77. The first-order valence-corrected chi connectivity index (χ1v) is 5.92. The van der Waals surface area contributed by atoms with Crippen molar-refractivity contribution in [2.45, 2.75) is 12.4 Å². The molecule has 108 valence electrons. The summed E-state index contributed by atoms with van der Waals surface area (Å²) in [7, 11) is 0. The number of aromatic nitrogens is 1. The Labute approximate surface area is 112 Å². The minimum absolute atomic E-state index is 0.171. The second-order valence-corrected chi connectivity index (χ2v) is 4.43. The number of alkyl halides is 6. The van der Waals surface area contributed by atoms with Crippen molar-refractivity contribution in [3.8, 4) is 10.9 Å². The van der Waals surface area contributed by atoms with E-state index in [1.54, 1.807) is 0 Å². The summed E-state index contributed by atoms with van der Waals surface area (Å²) in [5.41, 5.74) is -3.65. The fraction of sp³-hybridized carbons (Fsp3) is 0.182. The maximum Gasteiger partial charge on any atom is 0.420 e. The lowest BCUT2D eigenvalue weighted by molar-refractivity contribution is -0.162. The molecule has 0 amide bonds. The predicted octanol–water partition coefficient (Wildman–Crippen LogP) is 4.97. The molecule has 0 aliphatic carbocycles. The summed E-state index contributed by atoms with van der Waals surface area (Å²) in [5.74, 6) is -0.928. The zero-order valence-electron chi connectivity index (χ0n) is 9.42. The van der Waals surface area contributed by atoms with Crippen LogP contribution >= 0.6 is 11.3 Å². The normalized spacial score (nSPS) is 12.5. The van der Waals surface area contributed by atoms with Gasteiger partial charge in [0.15, 0.2) is 0 Å². The molecule has 0 fully saturated rings. The first-order chi connectivity index (χ1) is 9.19. The third-order valence-electron chi connectivity index (χ3n) is 2.22. The van der Waals surface area contributed by atoms with Crippen LogP contribution in [0.5, 0.6) is 10.9 Å². The number of rotatable bonds is 2. The van der Waals surface area contributed by atoms with E-state index < -0.39 is 29.2 Å². The fourth-order valence-electron chi connectivity index (χ4n) is 1.50. The highest BCUT2D eigenvalue weighted by Crippen LogP contribution is 2.45. The van der Waals surface area contributed by atoms with Crippen molar-refractivity contribution in [3.63, 3.8) is 0 Å². The molecule has 9 heteroatoms. The highest BCUT2D eigenvalue weighted by molar-refractivity contribution is 7.11. The average molecular weight is 313 g/mol. The molecule has 0 N–H and O–H groups in total. The molecule has 1 aromatic heterocycles. The number of halogens is 6. The molecule has 0 spiro atoms. The Morgan fingerprint density at radius 2 is 1.70 bits per heavy atom. The molecule has 1 heterocycles. The Balaban J connectivity index is 2.57. The molecule has 2 aromatic rings. The van der Waals surface area contributed by atoms with Crippen molar-refractivity contribution in [1.29, 1.82) is 0 Å². The minimum atomic E-state index is -5.20. The molecule has 0 saturated carbocycles. The van der Waals surface area contributed by atoms with Gasteiger partial charge in [0.1, 0.15) is 11.3 Å². The number of ether oxygens (including phenoxy) is 1. The van der Waals surface area contributed by atoms with Crippen molar-refractivity contribution in [1.82, 2.24) is 4.98 Å². The maximum absolute atomic E-state index is 12.9. The molecule has 0 aliphatic heterocycles. The van der Waals surface area contributed by atoms with Gasteiger partial charge in [-0.25, -0.2) is 4.98 Å². The zero-order valence-corrected chi connectivity index (χ0v) is 10.2. The molecule has 0 radical (unpaired) electrons. The van der Waals surface area contributed by atoms with Gasteiger partial charge in [0.05, 0.1) is 5.56 Å². The van der Waals surface area contributed by atoms with Gasteiger partial charge in [-0.05, 0) is 12.1 Å². The molecule has 0 bridgehead atoms. The van der Waals surface area contributed by atoms with E-state index in [9.17, 15) is 26.3 Å². The van der Waals surface area contributed by atoms with E-state index in [0.29, 0.717) is 6.07 Å². The molecule has 20 heavy (non-hydrogen) atoms. The Bertz CT molecular complexity index is 590. The van der Waals surface area contributed by atoms with Gasteiger partial charge < -0.3 is 4.74 Å². The van der Waals surface area contributed by atoms with Crippen LogP contribution in [-0.4, -0.2) is 4.98 Å². The monoisotopic (exact) mass is 313 g/mol. The second-order valence-electron chi connectivity index (χ2n) is 3.57. The van der Waals surface area contributed by atoms with E-state index in [4.69, 9.17) is 4.74 Å². The van der Waals surface area contributed by atoms with Gasteiger partial charge in [-0.1, -0.05) is 17.4 Å². The molecule has 2 nitrogen and oxygen atoms in total. The lowest BCUT2D eigenvalue weighted by Crippen LogP contribution is -2.17. The third-order valence-corrected chi connectivity index (χ3v) is 2.87. The van der Waals surface area contributed by atoms with E-state index in [1.807, 2.05) is 0 Å². The molecular weight excluding hydrogens is 308 g/mol. The van der Waals surface area contributed by atoms with E-state index in [2.05, 4.69) is 4.98 Å². The summed E-state index contributed by atoms with van der Waals surface area (Å²) in [6.45, 7) is 0. The SMILES string of the molecule is FC(F)(F)c1cccc(Oc2nccs2)c1C(F)(F)F. The topological polar surface area (TPSA) is 22.1 Å². The molecule has 1 aromatic carbocycles. The van der Waals surface area contributed by atoms with Crippen LogP contribution in [0.4, 0.5) is 26.3 Å². The van der Waals surface area contributed by atoms with Gasteiger partial charge in [0, 0.05) is 11.6 Å². The summed E-state index contributed by atoms with van der Waals surface area (Å²) >= 11 is 0.869. The smallest absolute Gasteiger partial charge is 0.420 e. The summed E-state index contributed by atoms with van der Waals surface area (Å²) in [6.07, 6.45) is -9.06. The second kappa shape index (κ2) is 4.97. The van der Waals surface area contributed by atoms with Gasteiger partial charge in [-0.3, -0.25) is 0 Å². The van der Waals surface area contributed by atoms with Crippen molar-refractivity contribution >= 4 is 11.3 Å². The van der Waals surface area contributed by atoms with E-state index >= 15 is 0 Å². The van der Waals surface area contributed by atoms with E-state index in [-0.39, 0.29) is 5.19 Å². The molecule has 0 aliphatic rings. The van der Waals surface area contributed by atoms with Crippen molar-refractivity contribution in [2.75, 3.05) is 0 Å². The van der Waals surface area contributed by atoms with Gasteiger partial charge in [-0.2, -0.15) is 26.3 Å². The summed E-state index contributed by atoms with van der Waals surface area (Å²) in [4.78, 5) is 3.57. The maximum atomic E-state index is 12.9. The van der Waals surface area contributed by atoms with Crippen LogP contribution in [0, 0.1) is 0 Å². The first kappa shape index (κ1) is 14.6. The summed E-state index contributed by atoms with van der Waals surface area (Å²) < 4.78 is 81.4. The lowest BCUT2D eigenvalue weighted by atomic mass is 10.1. The number of nitrogens with zero attached hydrogens (tertiary/aromatic N) is 1. The van der Waals surface area contributed by atoms with Gasteiger partial charge in [0.25, 0.3) is 5.19 Å². The third kappa shape index (κ3) is 3.03. The summed E-state index contributed by atoms with van der Waals surface area (Å²) in [6, 6.07) is 2.03. The minimum Gasteiger partial charge on any atom is -0.430 e. The number of hydrogen-bond acceptors (Lipinski definition) is 3. The highest BCUT2D eigenvalue weighted by atomic mass is 32.1. The molecule has 2 rings (SSSR count). The van der Waals surface area contributed by atoms with E-state index in [0.717, 1.165) is 23.5 Å². The standard InChI is InChI=1S/C11H5F6NOS/c12-10(13,14)6-2-1-3-7(8(6)11(15,16)17)19-9-18-4-5-20-9/h1-5H. The zero-order chi connectivity index (χ0) is 15.0. The Kier molecular flexibility index (Phi) is 3.63. The quantitative estimate of drug-likeness (QED) is 0.730. The van der Waals surface area contributed by atoms with Crippen molar-refractivity contribution in [3.05, 3.63) is 40.9 Å². The van der Waals surface area contributed by atoms with Gasteiger partial charge >= 0.3 is 12.4 Å². The molecule has 0 atom stereocenters. The number of benzene rings is 1. The van der Waals surface area contributed by atoms with Crippen LogP contribution in [-0.2, 0) is 12.4 Å². The molecule has 0 unspecified atom stereocenters. The van der Waals surface area contributed by atoms with Crippen LogP contribution in [0.1, 0.15) is 11.1 Å². The predicted molar refractivity (Wildman–Crippen MR) is 58.6 cm³/mol. The number of hydrogen-bond donors (Lipinski definition) is 0. The Morgan fingerprint density at radius 1 is 1.00 bits per heavy atom. The Morgan fingerprint density at radius 3 is 2.20 bits per heavy atom. The largest absolute Gasteiger partial charge is 0.430 e. The average Bonchev–Trinajstić information content (AvgIpc) is 2.79. The number of thiazole rings is 1. The van der Waals surface area contributed by atoms with Crippen molar-refractivity contribution in [2.24, 2.45) is 0 Å². The highest BCUT2D eigenvalue weighted by Gasteiger charge is 2.45. The van der Waals surface area contributed by atoms with Crippen LogP contribution in [0.3, 0.4) is 0 Å². The van der Waals surface area contributed by atoms with Gasteiger partial charge in [-0.15, -0.1) is 0 Å². The van der Waals surface area contributed by atoms with Crippen LogP contribution in [0.25, 0.3) is 0 Å². The molecule has 0 saturated heterocycles. The van der Waals surface area contributed by atoms with Crippen LogP contribution < -0.4 is 4.74 Å². The van der Waals surface area contributed by atoms with Crippen molar-refractivity contribution < 1.29 is 31.1 Å². The van der Waals surface area contributed by atoms with E-state index in [1.165, 1.54) is 11.6 Å².